The Labute approximate surface area is 207 Å². The fourth-order valence-electron chi connectivity index (χ4n) is 4.12. The second-order valence-corrected chi connectivity index (χ2v) is 9.08. The lowest BCUT2D eigenvalue weighted by atomic mass is 10.0. The van der Waals surface area contributed by atoms with E-state index in [2.05, 4.69) is 0 Å². The number of hydrogen-bond donors (Lipinski definition) is 0. The zero-order valence-electron chi connectivity index (χ0n) is 19.4. The number of esters is 1. The van der Waals surface area contributed by atoms with Crippen molar-refractivity contribution in [3.63, 3.8) is 0 Å². The molecule has 0 aliphatic carbocycles. The minimum absolute atomic E-state index is 0.108. The van der Waals surface area contributed by atoms with Crippen LogP contribution in [-0.4, -0.2) is 30.1 Å². The van der Waals surface area contributed by atoms with E-state index >= 15 is 0 Å². The van der Waals surface area contributed by atoms with Gasteiger partial charge in [0.05, 0.1) is 30.6 Å². The van der Waals surface area contributed by atoms with Gasteiger partial charge < -0.3 is 14.4 Å². The van der Waals surface area contributed by atoms with Crippen LogP contribution in [0, 0.1) is 0 Å². The van der Waals surface area contributed by atoms with Gasteiger partial charge in [0, 0.05) is 16.5 Å². The number of thiazole rings is 1. The third-order valence-electron chi connectivity index (χ3n) is 5.94. The maximum atomic E-state index is 13.3. The fraction of sp³-hybridized carbons (Fsp3) is 0.179. The molecule has 35 heavy (non-hydrogen) atoms. The highest BCUT2D eigenvalue weighted by atomic mass is 32.1. The molecule has 5 rings (SSSR count). The minimum Gasteiger partial charge on any atom is -0.478 e. The van der Waals surface area contributed by atoms with Gasteiger partial charge in [0.15, 0.2) is 6.10 Å². The predicted octanol–water partition coefficient (Wildman–Crippen LogP) is 5.97. The molecule has 0 saturated carbocycles. The van der Waals surface area contributed by atoms with Gasteiger partial charge in [-0.3, -0.25) is 4.79 Å². The molecule has 0 N–H and O–H groups in total. The summed E-state index contributed by atoms with van der Waals surface area (Å²) >= 11 is 1.58. The van der Waals surface area contributed by atoms with E-state index in [1.165, 1.54) is 7.11 Å². The van der Waals surface area contributed by atoms with Crippen molar-refractivity contribution in [1.29, 1.82) is 0 Å². The smallest absolute Gasteiger partial charge is 0.337 e. The van der Waals surface area contributed by atoms with E-state index in [-0.39, 0.29) is 5.91 Å². The first kappa shape index (κ1) is 22.8. The van der Waals surface area contributed by atoms with Crippen LogP contribution in [0.25, 0.3) is 21.8 Å². The number of carbonyl (C=O) groups excluding carboxylic acids is 2. The Hall–Kier alpha value is -3.97. The van der Waals surface area contributed by atoms with Gasteiger partial charge in [-0.05, 0) is 42.3 Å². The van der Waals surface area contributed by atoms with E-state index in [9.17, 15) is 9.59 Å². The van der Waals surface area contributed by atoms with Crippen LogP contribution in [0.3, 0.4) is 0 Å². The Morgan fingerprint density at radius 3 is 2.66 bits per heavy atom. The number of methoxy groups -OCH3 is 1. The van der Waals surface area contributed by atoms with Gasteiger partial charge in [-0.2, -0.15) is 0 Å². The van der Waals surface area contributed by atoms with Crippen LogP contribution >= 0.6 is 11.3 Å². The third kappa shape index (κ3) is 4.55. The van der Waals surface area contributed by atoms with Crippen molar-refractivity contribution in [2.75, 3.05) is 12.0 Å². The van der Waals surface area contributed by atoms with Crippen LogP contribution in [-0.2, 0) is 16.1 Å². The third-order valence-corrected chi connectivity index (χ3v) is 6.83. The SMILES string of the molecule is CCC1Oc2ccc(-c3csc(-c4ccccc4)n3)cc2N(Cc2cccc(C(=O)OC)c2)C1=O. The summed E-state index contributed by atoms with van der Waals surface area (Å²) < 4.78 is 10.9. The van der Waals surface area contributed by atoms with E-state index in [1.807, 2.05) is 66.9 Å². The lowest BCUT2D eigenvalue weighted by molar-refractivity contribution is -0.126. The van der Waals surface area contributed by atoms with Crippen LogP contribution in [0.1, 0.15) is 29.3 Å². The van der Waals surface area contributed by atoms with E-state index in [4.69, 9.17) is 14.5 Å². The standard InChI is InChI=1S/C28H24N2O4S/c1-3-24-27(31)30(16-18-8-7-11-21(14-18)28(32)33-2)23-15-20(12-13-25(23)34-24)22-17-35-26(29-22)19-9-5-4-6-10-19/h4-15,17,24H,3,16H2,1-2H3. The molecule has 1 unspecified atom stereocenters. The number of aromatic nitrogens is 1. The molecular weight excluding hydrogens is 460 g/mol. The van der Waals surface area contributed by atoms with Crippen LogP contribution in [0.15, 0.2) is 78.2 Å². The topological polar surface area (TPSA) is 68.7 Å². The number of fused-ring (bicyclic) bond motifs is 1. The molecule has 0 radical (unpaired) electrons. The lowest BCUT2D eigenvalue weighted by Crippen LogP contribution is -2.45. The van der Waals surface area contributed by atoms with Crippen molar-refractivity contribution in [2.24, 2.45) is 0 Å². The molecule has 176 valence electrons. The van der Waals surface area contributed by atoms with Gasteiger partial charge >= 0.3 is 5.97 Å². The highest BCUT2D eigenvalue weighted by molar-refractivity contribution is 7.13. The van der Waals surface area contributed by atoms with Crippen LogP contribution in [0.5, 0.6) is 5.75 Å². The number of carbonyl (C=O) groups is 2. The Bertz CT molecular complexity index is 1380. The van der Waals surface area contributed by atoms with E-state index in [1.54, 1.807) is 34.4 Å². The quantitative estimate of drug-likeness (QED) is 0.316. The van der Waals surface area contributed by atoms with Crippen molar-refractivity contribution < 1.29 is 19.1 Å². The summed E-state index contributed by atoms with van der Waals surface area (Å²) in [5.41, 5.74) is 4.78. The maximum absolute atomic E-state index is 13.3. The normalized spacial score (nSPS) is 14.9. The molecular formula is C28H24N2O4S. The maximum Gasteiger partial charge on any atom is 0.337 e. The first-order valence-corrected chi connectivity index (χ1v) is 12.3. The molecule has 6 nitrogen and oxygen atoms in total. The number of benzene rings is 3. The molecule has 2 heterocycles. The molecule has 4 aromatic rings. The second kappa shape index (κ2) is 9.72. The van der Waals surface area contributed by atoms with E-state index in [0.717, 1.165) is 27.4 Å². The molecule has 1 aliphatic heterocycles. The largest absolute Gasteiger partial charge is 0.478 e. The average molecular weight is 485 g/mol. The van der Waals surface area contributed by atoms with Crippen molar-refractivity contribution in [2.45, 2.75) is 26.0 Å². The number of ether oxygens (including phenoxy) is 2. The number of amides is 1. The van der Waals surface area contributed by atoms with Crippen LogP contribution in [0.4, 0.5) is 5.69 Å². The highest BCUT2D eigenvalue weighted by Crippen LogP contribution is 2.39. The lowest BCUT2D eigenvalue weighted by Gasteiger charge is -2.34. The molecule has 3 aromatic carbocycles. The first-order chi connectivity index (χ1) is 17.1. The van der Waals surface area contributed by atoms with Gasteiger partial charge in [0.25, 0.3) is 5.91 Å². The second-order valence-electron chi connectivity index (χ2n) is 8.22. The summed E-state index contributed by atoms with van der Waals surface area (Å²) in [7, 11) is 1.35. The van der Waals surface area contributed by atoms with Gasteiger partial charge in [-0.1, -0.05) is 49.4 Å². The first-order valence-electron chi connectivity index (χ1n) is 11.4. The molecule has 0 fully saturated rings. The van der Waals surface area contributed by atoms with Crippen molar-refractivity contribution in [3.05, 3.63) is 89.3 Å². The molecule has 0 bridgehead atoms. The number of hydrogen-bond acceptors (Lipinski definition) is 6. The van der Waals surface area contributed by atoms with Gasteiger partial charge in [-0.25, -0.2) is 9.78 Å². The number of anilines is 1. The highest BCUT2D eigenvalue weighted by Gasteiger charge is 2.33. The molecule has 0 spiro atoms. The summed E-state index contributed by atoms with van der Waals surface area (Å²) in [6.07, 6.45) is 0.00622. The Morgan fingerprint density at radius 1 is 1.06 bits per heavy atom. The fourth-order valence-corrected chi connectivity index (χ4v) is 4.96. The van der Waals surface area contributed by atoms with Crippen molar-refractivity contribution >= 4 is 28.9 Å². The van der Waals surface area contributed by atoms with Crippen LogP contribution < -0.4 is 9.64 Å². The zero-order chi connectivity index (χ0) is 24.4. The molecule has 1 aliphatic rings. The predicted molar refractivity (Wildman–Crippen MR) is 137 cm³/mol. The minimum atomic E-state index is -0.555. The molecule has 1 aromatic heterocycles. The van der Waals surface area contributed by atoms with E-state index in [0.29, 0.717) is 30.0 Å². The summed E-state index contributed by atoms with van der Waals surface area (Å²) in [5, 5.41) is 2.96. The van der Waals surface area contributed by atoms with Crippen molar-refractivity contribution in [1.82, 2.24) is 4.98 Å². The monoisotopic (exact) mass is 484 g/mol. The molecule has 1 atom stereocenters. The molecule has 0 saturated heterocycles. The summed E-state index contributed by atoms with van der Waals surface area (Å²) in [6, 6.07) is 23.0. The molecule has 7 heteroatoms. The van der Waals surface area contributed by atoms with Crippen molar-refractivity contribution in [3.8, 4) is 27.6 Å². The molecule has 1 amide bonds. The summed E-state index contributed by atoms with van der Waals surface area (Å²) in [5.74, 6) is 0.138. The van der Waals surface area contributed by atoms with Gasteiger partial charge in [0.2, 0.25) is 0 Å². The Balaban J connectivity index is 1.51. The Morgan fingerprint density at radius 2 is 1.89 bits per heavy atom. The van der Waals surface area contributed by atoms with E-state index < -0.39 is 12.1 Å². The number of rotatable bonds is 6. The summed E-state index contributed by atoms with van der Waals surface area (Å²) in [4.78, 5) is 31.9. The average Bonchev–Trinajstić information content (AvgIpc) is 3.40. The Kier molecular flexibility index (Phi) is 6.33. The number of nitrogens with zero attached hydrogens (tertiary/aromatic N) is 2. The summed E-state index contributed by atoms with van der Waals surface area (Å²) in [6.45, 7) is 2.24. The van der Waals surface area contributed by atoms with Crippen LogP contribution in [0.2, 0.25) is 0 Å². The van der Waals surface area contributed by atoms with Gasteiger partial charge in [-0.15, -0.1) is 11.3 Å². The zero-order valence-corrected chi connectivity index (χ0v) is 20.2. The van der Waals surface area contributed by atoms with Gasteiger partial charge in [0.1, 0.15) is 10.8 Å².